The quantitative estimate of drug-likeness (QED) is 0.128. The monoisotopic (exact) mass is 470 g/mol. The number of unbranched alkanes of at least 4 members (excludes halogenated alkanes) is 2. The van der Waals surface area contributed by atoms with Crippen LogP contribution in [0.4, 0.5) is 0 Å². The Labute approximate surface area is 206 Å². The van der Waals surface area contributed by atoms with Gasteiger partial charge < -0.3 is 0 Å². The summed E-state index contributed by atoms with van der Waals surface area (Å²) in [6, 6.07) is 0. The Balaban J connectivity index is 3.39. The highest BCUT2D eigenvalue weighted by Crippen LogP contribution is 2.66. The number of hydrogen-bond acceptors (Lipinski definition) is 4. The molecule has 0 bridgehead atoms. The average Bonchev–Trinajstić information content (AvgIpc) is 2.80. The van der Waals surface area contributed by atoms with Crippen molar-refractivity contribution in [3.05, 3.63) is 0 Å². The predicted octanol–water partition coefficient (Wildman–Crippen LogP) is 9.91. The van der Waals surface area contributed by atoms with Crippen molar-refractivity contribution < 1.29 is 19.9 Å². The van der Waals surface area contributed by atoms with E-state index < -0.39 is 5.60 Å². The molecule has 0 spiro atoms. The molecular formula is C29H58O4. The number of rotatable bonds is 16. The lowest BCUT2D eigenvalue weighted by Crippen LogP contribution is -2.61. The van der Waals surface area contributed by atoms with Gasteiger partial charge in [-0.3, -0.25) is 0 Å². The van der Waals surface area contributed by atoms with Crippen molar-refractivity contribution in [2.75, 3.05) is 0 Å². The topological polar surface area (TPSA) is 36.9 Å². The van der Waals surface area contributed by atoms with Crippen LogP contribution in [0.3, 0.4) is 0 Å². The molecule has 1 aliphatic rings. The summed E-state index contributed by atoms with van der Waals surface area (Å²) < 4.78 is 0. The third kappa shape index (κ3) is 7.18. The molecule has 0 aromatic rings. The SMILES string of the molecule is CCCCC(CC)(CC)CC1(CCCC)CCCC(CC)(OOOOC(C)(C)C)C1(C)CC. The van der Waals surface area contributed by atoms with E-state index in [0.717, 1.165) is 19.3 Å². The zero-order valence-corrected chi connectivity index (χ0v) is 24.0. The minimum Gasteiger partial charge on any atom is -0.198 e. The molecule has 0 N–H and O–H groups in total. The summed E-state index contributed by atoms with van der Waals surface area (Å²) in [5, 5.41) is 10.5. The molecule has 0 heterocycles. The van der Waals surface area contributed by atoms with Gasteiger partial charge in [-0.25, -0.2) is 0 Å². The third-order valence-corrected chi connectivity index (χ3v) is 9.48. The zero-order chi connectivity index (χ0) is 25.2. The highest BCUT2D eigenvalue weighted by Gasteiger charge is 2.63. The molecular weight excluding hydrogens is 412 g/mol. The second kappa shape index (κ2) is 13.2. The molecule has 0 radical (unpaired) electrons. The molecule has 0 aromatic carbocycles. The molecule has 3 atom stereocenters. The van der Waals surface area contributed by atoms with Crippen LogP contribution in [0, 0.1) is 16.2 Å². The summed E-state index contributed by atoms with van der Waals surface area (Å²) in [5.74, 6) is 0. The van der Waals surface area contributed by atoms with Crippen LogP contribution in [0.15, 0.2) is 0 Å². The standard InChI is InChI=1S/C29H58O4/c1-11-17-20-27(14-4,15-5)24-28(21-18-12-2)22-19-23-29(16-6,26(28,10)13-3)31-33-32-30-25(7,8)9/h11-24H2,1-10H3. The largest absolute Gasteiger partial charge is 0.198 e. The van der Waals surface area contributed by atoms with Gasteiger partial charge >= 0.3 is 0 Å². The van der Waals surface area contributed by atoms with Crippen LogP contribution in [-0.2, 0) is 19.9 Å². The summed E-state index contributed by atoms with van der Waals surface area (Å²) >= 11 is 0. The maximum atomic E-state index is 6.27. The molecule has 3 unspecified atom stereocenters. The van der Waals surface area contributed by atoms with Gasteiger partial charge in [-0.15, -0.1) is 0 Å². The fraction of sp³-hybridized carbons (Fsp3) is 1.00. The minimum absolute atomic E-state index is 0.00489. The fourth-order valence-corrected chi connectivity index (χ4v) is 6.90. The van der Waals surface area contributed by atoms with Gasteiger partial charge in [0.05, 0.1) is 5.60 Å². The summed E-state index contributed by atoms with van der Waals surface area (Å²) in [6.07, 6.45) is 17.0. The molecule has 1 aliphatic carbocycles. The molecule has 1 fully saturated rings. The molecule has 1 rings (SSSR count). The lowest BCUT2D eigenvalue weighted by molar-refractivity contribution is -0.671. The van der Waals surface area contributed by atoms with Crippen molar-refractivity contribution in [2.24, 2.45) is 16.2 Å². The Hall–Kier alpha value is -0.160. The van der Waals surface area contributed by atoms with Gasteiger partial charge in [0, 0.05) is 5.41 Å². The van der Waals surface area contributed by atoms with Gasteiger partial charge in [-0.2, -0.15) is 9.78 Å². The molecule has 33 heavy (non-hydrogen) atoms. The molecule has 198 valence electrons. The Morgan fingerprint density at radius 1 is 0.788 bits per heavy atom. The highest BCUT2D eigenvalue weighted by molar-refractivity contribution is 5.11. The highest BCUT2D eigenvalue weighted by atomic mass is 17.7. The van der Waals surface area contributed by atoms with Crippen molar-refractivity contribution >= 4 is 0 Å². The van der Waals surface area contributed by atoms with Crippen LogP contribution < -0.4 is 0 Å². The molecule has 0 amide bonds. The first kappa shape index (κ1) is 30.9. The summed E-state index contributed by atoms with van der Waals surface area (Å²) in [7, 11) is 0. The third-order valence-electron chi connectivity index (χ3n) is 9.48. The minimum atomic E-state index is -0.449. The van der Waals surface area contributed by atoms with E-state index in [-0.39, 0.29) is 16.4 Å². The zero-order valence-electron chi connectivity index (χ0n) is 24.0. The Morgan fingerprint density at radius 3 is 1.91 bits per heavy atom. The summed E-state index contributed by atoms with van der Waals surface area (Å²) in [6.45, 7) is 22.4. The lowest BCUT2D eigenvalue weighted by Gasteiger charge is -2.63. The number of hydrogen-bond donors (Lipinski definition) is 0. The van der Waals surface area contributed by atoms with Crippen molar-refractivity contribution in [2.45, 2.75) is 170 Å². The molecule has 1 saturated carbocycles. The van der Waals surface area contributed by atoms with Crippen molar-refractivity contribution in [1.29, 1.82) is 0 Å². The molecule has 0 aromatic heterocycles. The van der Waals surface area contributed by atoms with E-state index in [1.807, 2.05) is 20.8 Å². The van der Waals surface area contributed by atoms with Gasteiger partial charge in [0.1, 0.15) is 5.60 Å². The van der Waals surface area contributed by atoms with Crippen molar-refractivity contribution in [3.63, 3.8) is 0 Å². The molecule has 0 aliphatic heterocycles. The molecule has 0 saturated heterocycles. The maximum absolute atomic E-state index is 6.27. The van der Waals surface area contributed by atoms with E-state index in [4.69, 9.17) is 19.9 Å². The first-order valence-electron chi connectivity index (χ1n) is 14.2. The van der Waals surface area contributed by atoms with Gasteiger partial charge in [0.15, 0.2) is 0 Å². The second-order valence-electron chi connectivity index (χ2n) is 12.2. The fourth-order valence-electron chi connectivity index (χ4n) is 6.90. The van der Waals surface area contributed by atoms with E-state index in [0.29, 0.717) is 5.41 Å². The molecule has 4 heteroatoms. The van der Waals surface area contributed by atoms with Crippen LogP contribution in [0.2, 0.25) is 0 Å². The van der Waals surface area contributed by atoms with Crippen LogP contribution in [0.1, 0.15) is 159 Å². The second-order valence-corrected chi connectivity index (χ2v) is 12.2. The maximum Gasteiger partial charge on any atom is 0.112 e. The smallest absolute Gasteiger partial charge is 0.112 e. The van der Waals surface area contributed by atoms with E-state index >= 15 is 0 Å². The van der Waals surface area contributed by atoms with Gasteiger partial charge in [-0.1, -0.05) is 87.0 Å². The lowest BCUT2D eigenvalue weighted by atomic mass is 9.44. The van der Waals surface area contributed by atoms with Crippen LogP contribution in [-0.4, -0.2) is 11.2 Å². The Bertz CT molecular complexity index is 538. The van der Waals surface area contributed by atoms with Gasteiger partial charge in [0.25, 0.3) is 0 Å². The predicted molar refractivity (Wildman–Crippen MR) is 138 cm³/mol. The van der Waals surface area contributed by atoms with Gasteiger partial charge in [-0.05, 0) is 93.0 Å². The van der Waals surface area contributed by atoms with Gasteiger partial charge in [0.2, 0.25) is 0 Å². The Kier molecular flexibility index (Phi) is 12.4. The van der Waals surface area contributed by atoms with Crippen LogP contribution in [0.5, 0.6) is 0 Å². The Morgan fingerprint density at radius 2 is 1.42 bits per heavy atom. The van der Waals surface area contributed by atoms with E-state index in [1.165, 1.54) is 70.6 Å². The average molecular weight is 471 g/mol. The first-order chi connectivity index (χ1) is 15.5. The van der Waals surface area contributed by atoms with Crippen LogP contribution in [0.25, 0.3) is 0 Å². The summed E-state index contributed by atoms with van der Waals surface area (Å²) in [4.78, 5) is 11.6. The van der Waals surface area contributed by atoms with Crippen LogP contribution >= 0.6 is 0 Å². The van der Waals surface area contributed by atoms with Crippen molar-refractivity contribution in [1.82, 2.24) is 0 Å². The normalized spacial score (nSPS) is 28.9. The van der Waals surface area contributed by atoms with E-state index in [9.17, 15) is 0 Å². The van der Waals surface area contributed by atoms with Crippen molar-refractivity contribution in [3.8, 4) is 0 Å². The van der Waals surface area contributed by atoms with E-state index in [1.54, 1.807) is 0 Å². The summed E-state index contributed by atoms with van der Waals surface area (Å²) in [5.41, 5.74) is -0.193. The van der Waals surface area contributed by atoms with E-state index in [2.05, 4.69) is 48.5 Å². The molecule has 4 nitrogen and oxygen atoms in total. The first-order valence-corrected chi connectivity index (χ1v) is 14.2.